The highest BCUT2D eigenvalue weighted by atomic mass is 15.3. The molecule has 0 aliphatic carbocycles. The van der Waals surface area contributed by atoms with Crippen molar-refractivity contribution in [1.82, 2.24) is 9.78 Å². The Hall–Kier alpha value is -3.13. The molecule has 2 heteroatoms. The molecule has 0 spiro atoms. The van der Waals surface area contributed by atoms with Gasteiger partial charge in [0.15, 0.2) is 0 Å². The van der Waals surface area contributed by atoms with Gasteiger partial charge in [0.05, 0.1) is 17.1 Å². The van der Waals surface area contributed by atoms with Gasteiger partial charge >= 0.3 is 0 Å². The van der Waals surface area contributed by atoms with E-state index in [0.29, 0.717) is 0 Å². The van der Waals surface area contributed by atoms with Crippen molar-refractivity contribution in [3.63, 3.8) is 0 Å². The molecule has 1 aromatic heterocycles. The molecule has 3 aromatic carbocycles. The molecule has 2 nitrogen and oxygen atoms in total. The summed E-state index contributed by atoms with van der Waals surface area (Å²) in [5.74, 6) is 0. The number of hydrogen-bond acceptors (Lipinski definition) is 1. The lowest BCUT2D eigenvalue weighted by molar-refractivity contribution is 0.869. The molecule has 0 atom stereocenters. The molecule has 0 bridgehead atoms. The van der Waals surface area contributed by atoms with E-state index >= 15 is 0 Å². The lowest BCUT2D eigenvalue weighted by Crippen LogP contribution is -1.99. The van der Waals surface area contributed by atoms with Gasteiger partial charge in [0.1, 0.15) is 0 Å². The third-order valence-corrected chi connectivity index (χ3v) is 4.45. The molecule has 0 amide bonds. The quantitative estimate of drug-likeness (QED) is 0.464. The SMILES string of the molecule is Cc1ccc(-c2c(-c3ccccc3)c(C)nn2-c2ccccc2)cc1. The second-order valence-corrected chi connectivity index (χ2v) is 6.29. The number of hydrogen-bond donors (Lipinski definition) is 0. The van der Waals surface area contributed by atoms with Crippen LogP contribution in [-0.4, -0.2) is 9.78 Å². The Bertz CT molecular complexity index is 982. The molecule has 0 radical (unpaired) electrons. The van der Waals surface area contributed by atoms with Gasteiger partial charge in [-0.3, -0.25) is 0 Å². The van der Waals surface area contributed by atoms with Crippen LogP contribution in [0.15, 0.2) is 84.9 Å². The largest absolute Gasteiger partial charge is 0.232 e. The van der Waals surface area contributed by atoms with Gasteiger partial charge in [-0.25, -0.2) is 4.68 Å². The van der Waals surface area contributed by atoms with Crippen LogP contribution in [0.25, 0.3) is 28.1 Å². The Balaban J connectivity index is 2.02. The Morgan fingerprint density at radius 3 is 1.88 bits per heavy atom. The summed E-state index contributed by atoms with van der Waals surface area (Å²) in [6.45, 7) is 4.20. The molecule has 4 rings (SSSR count). The van der Waals surface area contributed by atoms with Gasteiger partial charge < -0.3 is 0 Å². The fraction of sp³-hybridized carbons (Fsp3) is 0.0870. The summed E-state index contributed by atoms with van der Waals surface area (Å²) >= 11 is 0. The standard InChI is InChI=1S/C23H20N2/c1-17-13-15-20(16-14-17)23-22(19-9-5-3-6-10-19)18(2)24-25(23)21-11-7-4-8-12-21/h3-16H,1-2H3. The maximum absolute atomic E-state index is 4.87. The number of benzene rings is 3. The summed E-state index contributed by atoms with van der Waals surface area (Å²) in [5, 5.41) is 4.87. The second kappa shape index (κ2) is 6.40. The summed E-state index contributed by atoms with van der Waals surface area (Å²) in [7, 11) is 0. The van der Waals surface area contributed by atoms with Crippen molar-refractivity contribution in [2.24, 2.45) is 0 Å². The zero-order chi connectivity index (χ0) is 17.2. The van der Waals surface area contributed by atoms with Crippen molar-refractivity contribution < 1.29 is 0 Å². The van der Waals surface area contributed by atoms with Crippen LogP contribution in [0.4, 0.5) is 0 Å². The first-order chi connectivity index (χ1) is 12.2. The van der Waals surface area contributed by atoms with Crippen molar-refractivity contribution in [2.45, 2.75) is 13.8 Å². The van der Waals surface area contributed by atoms with E-state index in [1.54, 1.807) is 0 Å². The summed E-state index contributed by atoms with van der Waals surface area (Å²) in [5.41, 5.74) is 8.05. The average Bonchev–Trinajstić information content (AvgIpc) is 3.01. The van der Waals surface area contributed by atoms with Crippen LogP contribution in [-0.2, 0) is 0 Å². The smallest absolute Gasteiger partial charge is 0.0822 e. The highest BCUT2D eigenvalue weighted by molar-refractivity contribution is 5.84. The van der Waals surface area contributed by atoms with Gasteiger partial charge in [0, 0.05) is 11.1 Å². The lowest BCUT2D eigenvalue weighted by atomic mass is 9.98. The maximum Gasteiger partial charge on any atom is 0.0822 e. The van der Waals surface area contributed by atoms with Crippen LogP contribution in [0.1, 0.15) is 11.3 Å². The van der Waals surface area contributed by atoms with Crippen LogP contribution < -0.4 is 0 Å². The molecule has 0 aliphatic heterocycles. The van der Waals surface area contributed by atoms with Crippen molar-refractivity contribution in [3.8, 4) is 28.1 Å². The van der Waals surface area contributed by atoms with E-state index in [2.05, 4.69) is 79.2 Å². The number of nitrogens with zero attached hydrogens (tertiary/aromatic N) is 2. The second-order valence-electron chi connectivity index (χ2n) is 6.29. The van der Waals surface area contributed by atoms with Gasteiger partial charge in [-0.2, -0.15) is 5.10 Å². The fourth-order valence-electron chi connectivity index (χ4n) is 3.21. The van der Waals surface area contributed by atoms with E-state index in [1.165, 1.54) is 22.3 Å². The molecule has 25 heavy (non-hydrogen) atoms. The number of para-hydroxylation sites is 1. The Morgan fingerprint density at radius 2 is 1.24 bits per heavy atom. The van der Waals surface area contributed by atoms with Crippen molar-refractivity contribution >= 4 is 0 Å². The van der Waals surface area contributed by atoms with Gasteiger partial charge in [-0.1, -0.05) is 78.4 Å². The first kappa shape index (κ1) is 15.4. The normalized spacial score (nSPS) is 10.8. The topological polar surface area (TPSA) is 17.8 Å². The minimum absolute atomic E-state index is 1.03. The molecule has 0 saturated heterocycles. The maximum atomic E-state index is 4.87. The Labute approximate surface area is 148 Å². The zero-order valence-corrected chi connectivity index (χ0v) is 14.5. The van der Waals surface area contributed by atoms with E-state index in [1.807, 2.05) is 24.3 Å². The van der Waals surface area contributed by atoms with E-state index in [-0.39, 0.29) is 0 Å². The van der Waals surface area contributed by atoms with Gasteiger partial charge in [0.2, 0.25) is 0 Å². The van der Waals surface area contributed by atoms with Crippen LogP contribution in [0.5, 0.6) is 0 Å². The minimum atomic E-state index is 1.03. The van der Waals surface area contributed by atoms with Crippen LogP contribution in [0.2, 0.25) is 0 Å². The first-order valence-electron chi connectivity index (χ1n) is 8.51. The van der Waals surface area contributed by atoms with Gasteiger partial charge in [-0.15, -0.1) is 0 Å². The predicted molar refractivity (Wildman–Crippen MR) is 104 cm³/mol. The lowest BCUT2D eigenvalue weighted by Gasteiger charge is -2.11. The monoisotopic (exact) mass is 324 g/mol. The molecular weight excluding hydrogens is 304 g/mol. The molecule has 4 aromatic rings. The molecule has 1 heterocycles. The summed E-state index contributed by atoms with van der Waals surface area (Å²) < 4.78 is 2.06. The van der Waals surface area contributed by atoms with Crippen LogP contribution in [0.3, 0.4) is 0 Å². The van der Waals surface area contributed by atoms with Gasteiger partial charge in [-0.05, 0) is 31.5 Å². The number of aryl methyl sites for hydroxylation is 2. The van der Waals surface area contributed by atoms with Gasteiger partial charge in [0.25, 0.3) is 0 Å². The van der Waals surface area contributed by atoms with Crippen molar-refractivity contribution in [3.05, 3.63) is 96.2 Å². The van der Waals surface area contributed by atoms with E-state index in [0.717, 1.165) is 17.1 Å². The van der Waals surface area contributed by atoms with E-state index < -0.39 is 0 Å². The first-order valence-corrected chi connectivity index (χ1v) is 8.51. The number of rotatable bonds is 3. The summed E-state index contributed by atoms with van der Waals surface area (Å²) in [6, 6.07) is 29.5. The molecule has 122 valence electrons. The molecule has 0 fully saturated rings. The summed E-state index contributed by atoms with van der Waals surface area (Å²) in [6.07, 6.45) is 0. The molecular formula is C23H20N2. The summed E-state index contributed by atoms with van der Waals surface area (Å²) in [4.78, 5) is 0. The average molecular weight is 324 g/mol. The molecule has 0 N–H and O–H groups in total. The highest BCUT2D eigenvalue weighted by Gasteiger charge is 2.19. The van der Waals surface area contributed by atoms with Crippen LogP contribution in [0, 0.1) is 13.8 Å². The molecule has 0 aliphatic rings. The van der Waals surface area contributed by atoms with Crippen molar-refractivity contribution in [1.29, 1.82) is 0 Å². The minimum Gasteiger partial charge on any atom is -0.232 e. The fourth-order valence-corrected chi connectivity index (χ4v) is 3.21. The zero-order valence-electron chi connectivity index (χ0n) is 14.5. The number of aromatic nitrogens is 2. The third kappa shape index (κ3) is 2.87. The van der Waals surface area contributed by atoms with E-state index in [4.69, 9.17) is 5.10 Å². The molecule has 0 unspecified atom stereocenters. The predicted octanol–water partition coefficient (Wildman–Crippen LogP) is 5.82. The Morgan fingerprint density at radius 1 is 0.640 bits per heavy atom. The van der Waals surface area contributed by atoms with Crippen molar-refractivity contribution in [2.75, 3.05) is 0 Å². The highest BCUT2D eigenvalue weighted by Crippen LogP contribution is 2.36. The third-order valence-electron chi connectivity index (χ3n) is 4.45. The van der Waals surface area contributed by atoms with Crippen LogP contribution >= 0.6 is 0 Å². The molecule has 0 saturated carbocycles. The Kier molecular flexibility index (Phi) is 3.95. The van der Waals surface area contributed by atoms with E-state index in [9.17, 15) is 0 Å².